The Kier molecular flexibility index (Phi) is 4.99. The smallest absolute Gasteiger partial charge is 0.123 e. The Morgan fingerprint density at radius 2 is 1.95 bits per heavy atom. The second-order valence-corrected chi connectivity index (χ2v) is 7.40. The molecule has 2 rings (SSSR count). The van der Waals surface area contributed by atoms with Gasteiger partial charge in [0, 0.05) is 14.9 Å². The van der Waals surface area contributed by atoms with Crippen LogP contribution in [0.4, 0.5) is 0 Å². The number of aryl methyl sites for hydroxylation is 1. The average Bonchev–Trinajstić information content (AvgIpc) is 2.90. The minimum Gasteiger partial charge on any atom is -0.496 e. The molecule has 0 saturated heterocycles. The van der Waals surface area contributed by atoms with E-state index in [1.165, 1.54) is 43.2 Å². The fourth-order valence-corrected chi connectivity index (χ4v) is 4.74. The Bertz CT molecular complexity index is 450. The van der Waals surface area contributed by atoms with Crippen molar-refractivity contribution in [3.8, 4) is 5.75 Å². The number of halogens is 2. The van der Waals surface area contributed by atoms with Gasteiger partial charge in [-0.3, -0.25) is 0 Å². The van der Waals surface area contributed by atoms with Crippen LogP contribution in [0.2, 0.25) is 0 Å². The van der Waals surface area contributed by atoms with Gasteiger partial charge in [0.05, 0.1) is 7.11 Å². The number of hydrogen-bond acceptors (Lipinski definition) is 1. The largest absolute Gasteiger partial charge is 0.496 e. The predicted octanol–water partition coefficient (Wildman–Crippen LogP) is 6.17. The van der Waals surface area contributed by atoms with E-state index in [1.54, 1.807) is 7.11 Å². The van der Waals surface area contributed by atoms with E-state index in [0.29, 0.717) is 10.2 Å². The van der Waals surface area contributed by atoms with E-state index in [1.807, 2.05) is 0 Å². The Hall–Kier alpha value is -0.0200. The van der Waals surface area contributed by atoms with E-state index in [9.17, 15) is 0 Å². The summed E-state index contributed by atoms with van der Waals surface area (Å²) in [5, 5.41) is 0. The highest BCUT2D eigenvalue weighted by Gasteiger charge is 2.40. The lowest BCUT2D eigenvalue weighted by molar-refractivity contribution is 0.274. The van der Waals surface area contributed by atoms with Crippen LogP contribution in [0.15, 0.2) is 16.6 Å². The molecule has 1 aliphatic carbocycles. The summed E-state index contributed by atoms with van der Waals surface area (Å²) in [4.78, 5) is 0.374. The summed E-state index contributed by atoms with van der Waals surface area (Å²) in [6.07, 6.45) is 6.55. The van der Waals surface area contributed by atoms with Gasteiger partial charge in [-0.15, -0.1) is 0 Å². The van der Waals surface area contributed by atoms with Gasteiger partial charge in [0.1, 0.15) is 5.75 Å². The van der Waals surface area contributed by atoms with E-state index < -0.39 is 0 Å². The lowest BCUT2D eigenvalue weighted by Gasteiger charge is -2.34. The molecule has 106 valence electrons. The van der Waals surface area contributed by atoms with Crippen LogP contribution in [0.5, 0.6) is 5.75 Å². The zero-order chi connectivity index (χ0) is 14.0. The predicted molar refractivity (Wildman–Crippen MR) is 88.3 cm³/mol. The summed E-state index contributed by atoms with van der Waals surface area (Å²) in [6, 6.07) is 4.36. The molecular weight excluding hydrogens is 368 g/mol. The maximum absolute atomic E-state index is 5.60. The third kappa shape index (κ3) is 2.87. The lowest BCUT2D eigenvalue weighted by Crippen LogP contribution is -2.21. The van der Waals surface area contributed by atoms with Gasteiger partial charge >= 0.3 is 0 Å². The van der Waals surface area contributed by atoms with Gasteiger partial charge < -0.3 is 4.74 Å². The van der Waals surface area contributed by atoms with Crippen LogP contribution in [0, 0.1) is 12.3 Å². The monoisotopic (exact) mass is 388 g/mol. The SMILES string of the molecule is CCC1(C(Br)c2cc(Br)c(C)cc2OC)CCCC1. The number of rotatable bonds is 4. The summed E-state index contributed by atoms with van der Waals surface area (Å²) in [7, 11) is 1.76. The van der Waals surface area contributed by atoms with Crippen LogP contribution < -0.4 is 4.74 Å². The molecule has 0 amide bonds. The first-order chi connectivity index (χ1) is 9.04. The quantitative estimate of drug-likeness (QED) is 0.559. The van der Waals surface area contributed by atoms with Gasteiger partial charge in [0.15, 0.2) is 0 Å². The number of benzene rings is 1. The van der Waals surface area contributed by atoms with Crippen LogP contribution >= 0.6 is 31.9 Å². The van der Waals surface area contributed by atoms with Crippen molar-refractivity contribution < 1.29 is 4.74 Å². The summed E-state index contributed by atoms with van der Waals surface area (Å²) in [6.45, 7) is 4.42. The standard InChI is InChI=1S/C16H22Br2O/c1-4-16(7-5-6-8-16)15(18)12-10-13(17)11(2)9-14(12)19-3/h9-10,15H,4-8H2,1-3H3. The topological polar surface area (TPSA) is 9.23 Å². The molecule has 0 bridgehead atoms. The molecule has 1 atom stereocenters. The van der Waals surface area contributed by atoms with Crippen LogP contribution in [0.1, 0.15) is 55.0 Å². The summed E-state index contributed by atoms with van der Waals surface area (Å²) in [5.41, 5.74) is 2.89. The lowest BCUT2D eigenvalue weighted by atomic mass is 9.77. The highest BCUT2D eigenvalue weighted by Crippen LogP contribution is 2.56. The number of alkyl halides is 1. The molecule has 0 heterocycles. The van der Waals surface area contributed by atoms with Crippen molar-refractivity contribution in [2.24, 2.45) is 5.41 Å². The summed E-state index contributed by atoms with van der Waals surface area (Å²) in [5.74, 6) is 1.00. The Morgan fingerprint density at radius 3 is 2.47 bits per heavy atom. The highest BCUT2D eigenvalue weighted by atomic mass is 79.9. The van der Waals surface area contributed by atoms with Gasteiger partial charge in [-0.25, -0.2) is 0 Å². The number of ether oxygens (including phenoxy) is 1. The zero-order valence-corrected chi connectivity index (χ0v) is 15.1. The van der Waals surface area contributed by atoms with Crippen molar-refractivity contribution in [1.82, 2.24) is 0 Å². The summed E-state index contributed by atoms with van der Waals surface area (Å²) >= 11 is 7.63. The average molecular weight is 390 g/mol. The van der Waals surface area contributed by atoms with Gasteiger partial charge in [-0.2, -0.15) is 0 Å². The van der Waals surface area contributed by atoms with E-state index in [0.717, 1.165) is 10.2 Å². The van der Waals surface area contributed by atoms with Crippen molar-refractivity contribution in [2.45, 2.75) is 50.8 Å². The second kappa shape index (κ2) is 6.17. The molecule has 1 nitrogen and oxygen atoms in total. The van der Waals surface area contributed by atoms with Crippen molar-refractivity contribution in [2.75, 3.05) is 7.11 Å². The minimum absolute atomic E-state index is 0.374. The van der Waals surface area contributed by atoms with Gasteiger partial charge in [0.25, 0.3) is 0 Å². The normalized spacial score (nSPS) is 19.4. The Labute approximate surface area is 133 Å². The van der Waals surface area contributed by atoms with Gasteiger partial charge in [-0.05, 0) is 49.3 Å². The molecule has 0 spiro atoms. The molecular formula is C16H22Br2O. The second-order valence-electron chi connectivity index (χ2n) is 5.63. The first kappa shape index (κ1) is 15.4. The van der Waals surface area contributed by atoms with Crippen LogP contribution in [0.3, 0.4) is 0 Å². The molecule has 0 aromatic heterocycles. The minimum atomic E-state index is 0.374. The van der Waals surface area contributed by atoms with E-state index >= 15 is 0 Å². The Morgan fingerprint density at radius 1 is 1.32 bits per heavy atom. The molecule has 1 aromatic carbocycles. The van der Waals surface area contributed by atoms with Crippen molar-refractivity contribution in [3.63, 3.8) is 0 Å². The fraction of sp³-hybridized carbons (Fsp3) is 0.625. The van der Waals surface area contributed by atoms with Gasteiger partial charge in [0.2, 0.25) is 0 Å². The van der Waals surface area contributed by atoms with Crippen LogP contribution in [-0.4, -0.2) is 7.11 Å². The summed E-state index contributed by atoms with van der Waals surface area (Å²) < 4.78 is 6.76. The van der Waals surface area contributed by atoms with Crippen molar-refractivity contribution in [3.05, 3.63) is 27.7 Å². The van der Waals surface area contributed by atoms with E-state index in [2.05, 4.69) is 57.8 Å². The molecule has 19 heavy (non-hydrogen) atoms. The maximum atomic E-state index is 5.60. The third-order valence-corrected chi connectivity index (χ3v) is 6.94. The molecule has 1 fully saturated rings. The maximum Gasteiger partial charge on any atom is 0.123 e. The van der Waals surface area contributed by atoms with Crippen molar-refractivity contribution in [1.29, 1.82) is 0 Å². The van der Waals surface area contributed by atoms with Crippen LogP contribution in [0.25, 0.3) is 0 Å². The fourth-order valence-electron chi connectivity index (χ4n) is 3.24. The van der Waals surface area contributed by atoms with Gasteiger partial charge in [-0.1, -0.05) is 51.6 Å². The molecule has 1 aliphatic rings. The molecule has 0 N–H and O–H groups in total. The number of methoxy groups -OCH3 is 1. The molecule has 3 heteroatoms. The molecule has 1 unspecified atom stereocenters. The van der Waals surface area contributed by atoms with E-state index in [-0.39, 0.29) is 0 Å². The molecule has 0 radical (unpaired) electrons. The first-order valence-electron chi connectivity index (χ1n) is 7.02. The molecule has 1 saturated carbocycles. The number of hydrogen-bond donors (Lipinski definition) is 0. The Balaban J connectivity index is 2.42. The third-order valence-electron chi connectivity index (χ3n) is 4.63. The highest BCUT2D eigenvalue weighted by molar-refractivity contribution is 9.10. The first-order valence-corrected chi connectivity index (χ1v) is 8.73. The molecule has 1 aromatic rings. The van der Waals surface area contributed by atoms with Crippen LogP contribution in [-0.2, 0) is 0 Å². The van der Waals surface area contributed by atoms with E-state index in [4.69, 9.17) is 4.74 Å². The zero-order valence-electron chi connectivity index (χ0n) is 11.9. The van der Waals surface area contributed by atoms with Crippen molar-refractivity contribution >= 4 is 31.9 Å². The molecule has 0 aliphatic heterocycles.